The molecule has 2 amide bonds. The maximum absolute atomic E-state index is 14.3. The van der Waals surface area contributed by atoms with Crippen LogP contribution in [0.25, 0.3) is 0 Å². The van der Waals surface area contributed by atoms with Crippen molar-refractivity contribution >= 4 is 39.1 Å². The highest BCUT2D eigenvalue weighted by molar-refractivity contribution is 7.92. The van der Waals surface area contributed by atoms with Crippen molar-refractivity contribution < 1.29 is 18.0 Å². The molecule has 4 aromatic rings. The minimum Gasteiger partial charge on any atom is -0.357 e. The van der Waals surface area contributed by atoms with Crippen LogP contribution < -0.4 is 9.62 Å². The molecule has 0 bridgehead atoms. The monoisotopic (exact) mass is 603 g/mol. The summed E-state index contributed by atoms with van der Waals surface area (Å²) in [6.45, 7) is 3.41. The number of carbonyl (C=O) groups is 2. The highest BCUT2D eigenvalue weighted by Crippen LogP contribution is 2.26. The van der Waals surface area contributed by atoms with E-state index in [2.05, 4.69) is 5.32 Å². The van der Waals surface area contributed by atoms with Gasteiger partial charge in [0.1, 0.15) is 12.6 Å². The fourth-order valence-corrected chi connectivity index (χ4v) is 6.31. The Labute approximate surface area is 252 Å². The molecule has 42 heavy (non-hydrogen) atoms. The molecule has 0 saturated heterocycles. The summed E-state index contributed by atoms with van der Waals surface area (Å²) in [4.78, 5) is 29.1. The lowest BCUT2D eigenvalue weighted by Crippen LogP contribution is -2.53. The summed E-state index contributed by atoms with van der Waals surface area (Å²) in [7, 11) is -2.65. The van der Waals surface area contributed by atoms with Crippen LogP contribution in [0.1, 0.15) is 22.3 Å². The van der Waals surface area contributed by atoms with E-state index < -0.39 is 28.5 Å². The van der Waals surface area contributed by atoms with E-state index in [1.54, 1.807) is 18.2 Å². The van der Waals surface area contributed by atoms with Crippen LogP contribution in [0.3, 0.4) is 0 Å². The molecule has 0 aliphatic rings. The van der Waals surface area contributed by atoms with E-state index in [1.165, 1.54) is 36.2 Å². The first-order valence-corrected chi connectivity index (χ1v) is 15.4. The van der Waals surface area contributed by atoms with Crippen LogP contribution in [-0.2, 0) is 32.6 Å². The number of carbonyl (C=O) groups excluding carboxylic acids is 2. The van der Waals surface area contributed by atoms with Crippen molar-refractivity contribution in [3.05, 3.63) is 130 Å². The number of anilines is 1. The van der Waals surface area contributed by atoms with Crippen LogP contribution in [0, 0.1) is 13.8 Å². The molecule has 218 valence electrons. The molecule has 1 N–H and O–H groups in total. The Morgan fingerprint density at radius 3 is 2.05 bits per heavy atom. The summed E-state index contributed by atoms with van der Waals surface area (Å²) in [5.74, 6) is -0.859. The van der Waals surface area contributed by atoms with Gasteiger partial charge in [0.2, 0.25) is 11.8 Å². The van der Waals surface area contributed by atoms with E-state index in [1.807, 2.05) is 74.5 Å². The second-order valence-electron chi connectivity index (χ2n) is 10.1. The maximum atomic E-state index is 14.3. The number of rotatable bonds is 11. The van der Waals surface area contributed by atoms with Gasteiger partial charge in [-0.3, -0.25) is 13.9 Å². The van der Waals surface area contributed by atoms with Crippen molar-refractivity contribution in [3.8, 4) is 0 Å². The van der Waals surface area contributed by atoms with E-state index in [0.717, 1.165) is 26.6 Å². The van der Waals surface area contributed by atoms with Gasteiger partial charge in [0.05, 0.1) is 10.6 Å². The van der Waals surface area contributed by atoms with Gasteiger partial charge in [0.25, 0.3) is 10.0 Å². The minimum atomic E-state index is -4.18. The number of nitrogens with zero attached hydrogens (tertiary/aromatic N) is 2. The molecular weight excluding hydrogens is 570 g/mol. The van der Waals surface area contributed by atoms with E-state index in [4.69, 9.17) is 11.6 Å². The summed E-state index contributed by atoms with van der Waals surface area (Å²) in [6, 6.07) is 29.0. The largest absolute Gasteiger partial charge is 0.357 e. The first-order chi connectivity index (χ1) is 20.1. The van der Waals surface area contributed by atoms with Gasteiger partial charge in [-0.25, -0.2) is 8.42 Å². The molecule has 0 spiro atoms. The molecule has 0 aromatic heterocycles. The summed E-state index contributed by atoms with van der Waals surface area (Å²) in [5.41, 5.74) is 3.88. The number of likely N-dealkylation sites (N-methyl/N-ethyl adjacent to an activating group) is 1. The second kappa shape index (κ2) is 13.7. The van der Waals surface area contributed by atoms with Gasteiger partial charge >= 0.3 is 0 Å². The SMILES string of the molecule is CNC(=O)C(Cc1ccccc1)N(Cc1cccc(C)c1)C(=O)CN(c1cccc(C)c1)S(=O)(=O)c1ccc(Cl)cc1. The number of hydrogen-bond donors (Lipinski definition) is 1. The van der Waals surface area contributed by atoms with Crippen LogP contribution >= 0.6 is 11.6 Å². The predicted octanol–water partition coefficient (Wildman–Crippen LogP) is 5.54. The third-order valence-corrected chi connectivity index (χ3v) is 8.96. The number of hydrogen-bond acceptors (Lipinski definition) is 4. The van der Waals surface area contributed by atoms with Gasteiger partial charge in [0.15, 0.2) is 0 Å². The molecule has 9 heteroatoms. The molecule has 0 radical (unpaired) electrons. The average Bonchev–Trinajstić information content (AvgIpc) is 2.98. The predicted molar refractivity (Wildman–Crippen MR) is 167 cm³/mol. The van der Waals surface area contributed by atoms with Crippen molar-refractivity contribution in [2.75, 3.05) is 17.9 Å². The van der Waals surface area contributed by atoms with E-state index >= 15 is 0 Å². The molecule has 0 fully saturated rings. The van der Waals surface area contributed by atoms with Crippen LogP contribution in [-0.4, -0.2) is 44.8 Å². The normalized spacial score (nSPS) is 11.9. The van der Waals surface area contributed by atoms with E-state index in [0.29, 0.717) is 10.7 Å². The lowest BCUT2D eigenvalue weighted by atomic mass is 10.0. The van der Waals surface area contributed by atoms with Crippen molar-refractivity contribution in [3.63, 3.8) is 0 Å². The Bertz CT molecular complexity index is 1640. The fraction of sp³-hybridized carbons (Fsp3) is 0.212. The quantitative estimate of drug-likeness (QED) is 0.244. The first kappa shape index (κ1) is 30.8. The summed E-state index contributed by atoms with van der Waals surface area (Å²) in [5, 5.41) is 3.09. The molecule has 0 aliphatic heterocycles. The van der Waals surface area contributed by atoms with E-state index in [9.17, 15) is 18.0 Å². The zero-order valence-corrected chi connectivity index (χ0v) is 25.4. The molecule has 4 aromatic carbocycles. The van der Waals surface area contributed by atoms with Gasteiger partial charge in [-0.2, -0.15) is 0 Å². The molecule has 1 unspecified atom stereocenters. The zero-order chi connectivity index (χ0) is 30.3. The number of nitrogens with one attached hydrogen (secondary N) is 1. The Balaban J connectivity index is 1.79. The Kier molecular flexibility index (Phi) is 10.0. The third kappa shape index (κ3) is 7.57. The number of benzene rings is 4. The Morgan fingerprint density at radius 2 is 1.43 bits per heavy atom. The number of amides is 2. The lowest BCUT2D eigenvalue weighted by Gasteiger charge is -2.33. The highest BCUT2D eigenvalue weighted by atomic mass is 35.5. The van der Waals surface area contributed by atoms with Crippen molar-refractivity contribution in [1.29, 1.82) is 0 Å². The Hall–Kier alpha value is -4.14. The van der Waals surface area contributed by atoms with Crippen LogP contribution in [0.5, 0.6) is 0 Å². The summed E-state index contributed by atoms with van der Waals surface area (Å²) in [6.07, 6.45) is 0.256. The van der Waals surface area contributed by atoms with Gasteiger partial charge in [-0.05, 0) is 66.9 Å². The molecule has 0 aliphatic carbocycles. The maximum Gasteiger partial charge on any atom is 0.264 e. The highest BCUT2D eigenvalue weighted by Gasteiger charge is 2.34. The van der Waals surface area contributed by atoms with Gasteiger partial charge in [0, 0.05) is 25.0 Å². The fourth-order valence-electron chi connectivity index (χ4n) is 4.77. The number of sulfonamides is 1. The van der Waals surface area contributed by atoms with Crippen LogP contribution in [0.2, 0.25) is 5.02 Å². The molecule has 0 heterocycles. The molecule has 4 rings (SSSR count). The molecule has 1 atom stereocenters. The summed E-state index contributed by atoms with van der Waals surface area (Å²) >= 11 is 6.03. The van der Waals surface area contributed by atoms with Crippen molar-refractivity contribution in [1.82, 2.24) is 10.2 Å². The first-order valence-electron chi connectivity index (χ1n) is 13.5. The van der Waals surface area contributed by atoms with E-state index in [-0.39, 0.29) is 23.8 Å². The zero-order valence-electron chi connectivity index (χ0n) is 23.8. The standard InChI is InChI=1S/C33H34ClN3O4S/c1-24-9-7-13-27(19-24)22-36(31(33(39)35-3)21-26-11-5-4-6-12-26)32(38)23-37(29-14-8-10-25(2)20-29)42(40,41)30-17-15-28(34)16-18-30/h4-20,31H,21-23H2,1-3H3,(H,35,39). The minimum absolute atomic E-state index is 0.00132. The van der Waals surface area contributed by atoms with Crippen LogP contribution in [0.4, 0.5) is 5.69 Å². The van der Waals surface area contributed by atoms with Gasteiger partial charge in [-0.15, -0.1) is 0 Å². The second-order valence-corrected chi connectivity index (χ2v) is 12.4. The Morgan fingerprint density at radius 1 is 0.810 bits per heavy atom. The molecule has 0 saturated carbocycles. The number of aryl methyl sites for hydroxylation is 2. The topological polar surface area (TPSA) is 86.8 Å². The van der Waals surface area contributed by atoms with Crippen molar-refractivity contribution in [2.45, 2.75) is 37.8 Å². The van der Waals surface area contributed by atoms with Crippen LogP contribution in [0.15, 0.2) is 108 Å². The number of halogens is 1. The average molecular weight is 604 g/mol. The smallest absolute Gasteiger partial charge is 0.264 e. The van der Waals surface area contributed by atoms with Gasteiger partial charge in [-0.1, -0.05) is 83.9 Å². The molecular formula is C33H34ClN3O4S. The van der Waals surface area contributed by atoms with Gasteiger partial charge < -0.3 is 10.2 Å². The molecule has 7 nitrogen and oxygen atoms in total. The summed E-state index contributed by atoms with van der Waals surface area (Å²) < 4.78 is 29.1. The van der Waals surface area contributed by atoms with Crippen molar-refractivity contribution in [2.24, 2.45) is 0 Å². The third-order valence-electron chi connectivity index (χ3n) is 6.92. The lowest BCUT2D eigenvalue weighted by molar-refractivity contribution is -0.139.